The van der Waals surface area contributed by atoms with Crippen molar-refractivity contribution in [2.45, 2.75) is 56.4 Å². The molecule has 10 heteroatoms. The molecule has 1 unspecified atom stereocenters. The van der Waals surface area contributed by atoms with Gasteiger partial charge in [-0.2, -0.15) is 13.2 Å². The Bertz CT molecular complexity index is 1200. The number of benzene rings is 3. The van der Waals surface area contributed by atoms with Crippen LogP contribution in [0.15, 0.2) is 91.0 Å². The van der Waals surface area contributed by atoms with E-state index in [1.54, 1.807) is 0 Å². The van der Waals surface area contributed by atoms with Gasteiger partial charge in [-0.3, -0.25) is 5.41 Å². The van der Waals surface area contributed by atoms with Gasteiger partial charge in [0.1, 0.15) is 24.4 Å². The van der Waals surface area contributed by atoms with Gasteiger partial charge in [-0.05, 0) is 11.1 Å². The lowest BCUT2D eigenvalue weighted by Gasteiger charge is -2.48. The smallest absolute Gasteiger partial charge is 0.442 e. The lowest BCUT2D eigenvalue weighted by molar-refractivity contribution is -0.365. The number of halogens is 3. The van der Waals surface area contributed by atoms with Crippen molar-refractivity contribution < 1.29 is 41.6 Å². The summed E-state index contributed by atoms with van der Waals surface area (Å²) in [5, 5.41) is 7.46. The minimum Gasteiger partial charge on any atom is -0.442 e. The Morgan fingerprint density at radius 1 is 0.769 bits per heavy atom. The number of nitrogens with one attached hydrogen (secondary N) is 1. The first-order valence-electron chi connectivity index (χ1n) is 12.5. The summed E-state index contributed by atoms with van der Waals surface area (Å²) in [6, 6.07) is 27.8. The average Bonchev–Trinajstić information content (AvgIpc) is 2.96. The number of rotatable bonds is 8. The van der Waals surface area contributed by atoms with Gasteiger partial charge in [0.2, 0.25) is 6.29 Å². The normalized spacial score (nSPS) is 26.9. The minimum atomic E-state index is -5.00. The van der Waals surface area contributed by atoms with Gasteiger partial charge in [-0.25, -0.2) is 0 Å². The SMILES string of the molecule is N=C(O[C@H]1O[C@@H]2COC(c3ccccc3)O[C@@H]2[C@H](OCc2ccccc2)[C@H]1OCc1ccccc1)C(F)(F)F. The monoisotopic (exact) mass is 543 g/mol. The van der Waals surface area contributed by atoms with E-state index >= 15 is 0 Å². The van der Waals surface area contributed by atoms with Crippen LogP contribution >= 0.6 is 0 Å². The molecule has 3 aromatic rings. The summed E-state index contributed by atoms with van der Waals surface area (Å²) in [5.74, 6) is -1.89. The molecule has 1 N–H and O–H groups in total. The van der Waals surface area contributed by atoms with Crippen LogP contribution in [0.25, 0.3) is 0 Å². The van der Waals surface area contributed by atoms with Crippen molar-refractivity contribution in [3.05, 3.63) is 108 Å². The van der Waals surface area contributed by atoms with Crippen molar-refractivity contribution in [2.24, 2.45) is 0 Å². The lowest BCUT2D eigenvalue weighted by atomic mass is 9.97. The van der Waals surface area contributed by atoms with Crippen LogP contribution in [0, 0.1) is 5.41 Å². The van der Waals surface area contributed by atoms with E-state index < -0.39 is 49.1 Å². The number of hydrogen-bond acceptors (Lipinski definition) is 7. The van der Waals surface area contributed by atoms with Gasteiger partial charge in [0.25, 0.3) is 5.90 Å². The molecule has 206 valence electrons. The largest absolute Gasteiger partial charge is 0.467 e. The first-order valence-corrected chi connectivity index (χ1v) is 12.5. The van der Waals surface area contributed by atoms with Crippen molar-refractivity contribution in [1.29, 1.82) is 5.41 Å². The van der Waals surface area contributed by atoms with Crippen LogP contribution in [0.2, 0.25) is 0 Å². The Kier molecular flexibility index (Phi) is 8.59. The van der Waals surface area contributed by atoms with Gasteiger partial charge in [0, 0.05) is 5.56 Å². The molecule has 0 amide bonds. The highest BCUT2D eigenvalue weighted by atomic mass is 19.4. The summed E-state index contributed by atoms with van der Waals surface area (Å²) in [7, 11) is 0. The zero-order valence-electron chi connectivity index (χ0n) is 20.8. The summed E-state index contributed by atoms with van der Waals surface area (Å²) in [4.78, 5) is 0. The first-order chi connectivity index (χ1) is 18.9. The quantitative estimate of drug-likeness (QED) is 0.296. The van der Waals surface area contributed by atoms with Gasteiger partial charge < -0.3 is 28.4 Å². The van der Waals surface area contributed by atoms with Crippen LogP contribution in [0.3, 0.4) is 0 Å². The summed E-state index contributed by atoms with van der Waals surface area (Å²) in [5.41, 5.74) is 2.42. The minimum absolute atomic E-state index is 0.0139. The average molecular weight is 544 g/mol. The van der Waals surface area contributed by atoms with E-state index in [0.29, 0.717) is 0 Å². The van der Waals surface area contributed by atoms with Crippen LogP contribution in [-0.2, 0) is 41.6 Å². The second-order valence-electron chi connectivity index (χ2n) is 9.19. The topological polar surface area (TPSA) is 79.2 Å². The predicted molar refractivity (Wildman–Crippen MR) is 134 cm³/mol. The van der Waals surface area contributed by atoms with E-state index in [1.165, 1.54) is 0 Å². The number of alkyl halides is 3. The van der Waals surface area contributed by atoms with E-state index in [0.717, 1.165) is 16.7 Å². The van der Waals surface area contributed by atoms with Gasteiger partial charge in [-0.15, -0.1) is 0 Å². The fraction of sp³-hybridized carbons (Fsp3) is 0.345. The highest BCUT2D eigenvalue weighted by Crippen LogP contribution is 2.38. The Balaban J connectivity index is 1.44. The van der Waals surface area contributed by atoms with Crippen molar-refractivity contribution in [3.8, 4) is 0 Å². The molecule has 0 bridgehead atoms. The molecule has 0 spiro atoms. The third-order valence-corrected chi connectivity index (χ3v) is 6.42. The zero-order valence-corrected chi connectivity index (χ0v) is 20.8. The van der Waals surface area contributed by atoms with Crippen LogP contribution in [-0.4, -0.2) is 49.4 Å². The molecule has 2 aliphatic heterocycles. The predicted octanol–water partition coefficient (Wildman–Crippen LogP) is 5.55. The number of fused-ring (bicyclic) bond motifs is 1. The third kappa shape index (κ3) is 6.84. The van der Waals surface area contributed by atoms with E-state index in [-0.39, 0.29) is 19.8 Å². The Morgan fingerprint density at radius 2 is 1.31 bits per heavy atom. The maximum Gasteiger partial charge on any atom is 0.467 e. The molecule has 0 saturated carbocycles. The number of ether oxygens (including phenoxy) is 6. The summed E-state index contributed by atoms with van der Waals surface area (Å²) >= 11 is 0. The molecule has 0 aliphatic carbocycles. The molecule has 2 heterocycles. The highest BCUT2D eigenvalue weighted by molar-refractivity contribution is 5.78. The van der Waals surface area contributed by atoms with Gasteiger partial charge >= 0.3 is 6.18 Å². The Hall–Kier alpha value is -3.28. The van der Waals surface area contributed by atoms with Crippen molar-refractivity contribution in [1.82, 2.24) is 0 Å². The van der Waals surface area contributed by atoms with Crippen molar-refractivity contribution in [3.63, 3.8) is 0 Å². The molecule has 2 fully saturated rings. The molecule has 5 rings (SSSR count). The fourth-order valence-electron chi connectivity index (χ4n) is 4.50. The molecular formula is C29H28F3NO6. The molecular weight excluding hydrogens is 515 g/mol. The second-order valence-corrected chi connectivity index (χ2v) is 9.19. The molecule has 6 atom stereocenters. The summed E-state index contributed by atoms with van der Waals surface area (Å²) < 4.78 is 75.4. The molecule has 0 radical (unpaired) electrons. The third-order valence-electron chi connectivity index (χ3n) is 6.42. The Labute approximate surface area is 223 Å². The number of hydrogen-bond donors (Lipinski definition) is 1. The highest BCUT2D eigenvalue weighted by Gasteiger charge is 2.54. The van der Waals surface area contributed by atoms with Crippen LogP contribution in [0.5, 0.6) is 0 Å². The molecule has 2 aliphatic rings. The van der Waals surface area contributed by atoms with Crippen LogP contribution in [0.4, 0.5) is 13.2 Å². The fourth-order valence-corrected chi connectivity index (χ4v) is 4.50. The van der Waals surface area contributed by atoms with Crippen LogP contribution in [0.1, 0.15) is 23.0 Å². The molecule has 3 aromatic carbocycles. The van der Waals surface area contributed by atoms with Gasteiger partial charge in [0.15, 0.2) is 6.29 Å². The van der Waals surface area contributed by atoms with Crippen LogP contribution < -0.4 is 0 Å². The Morgan fingerprint density at radius 3 is 1.87 bits per heavy atom. The first kappa shape index (κ1) is 27.3. The van der Waals surface area contributed by atoms with E-state index in [1.807, 2.05) is 91.0 Å². The summed E-state index contributed by atoms with van der Waals surface area (Å²) in [6.07, 6.45) is -11.0. The van der Waals surface area contributed by atoms with Gasteiger partial charge in [0.05, 0.1) is 19.8 Å². The van der Waals surface area contributed by atoms with Crippen molar-refractivity contribution in [2.75, 3.05) is 6.61 Å². The standard InChI is InChI=1S/C29H28F3NO6/c30-29(31,32)28(33)39-27-25(35-17-20-12-6-2-7-13-20)24(34-16-19-10-4-1-5-11-19)23-22(37-27)18-36-26(38-23)21-14-8-3-9-15-21/h1-15,22-27,33H,16-18H2/t22-,23+,24+,25-,26?,27-/m1/s1. The molecule has 7 nitrogen and oxygen atoms in total. The van der Waals surface area contributed by atoms with Gasteiger partial charge in [-0.1, -0.05) is 91.0 Å². The van der Waals surface area contributed by atoms with E-state index in [9.17, 15) is 13.2 Å². The second kappa shape index (κ2) is 12.3. The molecule has 39 heavy (non-hydrogen) atoms. The molecule has 0 aromatic heterocycles. The summed E-state index contributed by atoms with van der Waals surface area (Å²) in [6.45, 7) is 0.207. The maximum atomic E-state index is 13.3. The van der Waals surface area contributed by atoms with E-state index in [4.69, 9.17) is 33.8 Å². The maximum absolute atomic E-state index is 13.3. The zero-order chi connectivity index (χ0) is 27.2. The lowest BCUT2D eigenvalue weighted by Crippen LogP contribution is -2.64. The van der Waals surface area contributed by atoms with E-state index in [2.05, 4.69) is 0 Å². The van der Waals surface area contributed by atoms with Crippen molar-refractivity contribution >= 4 is 5.90 Å². The molecule has 2 saturated heterocycles.